The number of sulfonamides is 1. The summed E-state index contributed by atoms with van der Waals surface area (Å²) < 4.78 is 39.8. The zero-order chi connectivity index (χ0) is 17.7. The van der Waals surface area contributed by atoms with Gasteiger partial charge in [-0.05, 0) is 31.4 Å². The highest BCUT2D eigenvalue weighted by Crippen LogP contribution is 2.26. The number of nitrogens with zero attached hydrogens (tertiary/aromatic N) is 2. The van der Waals surface area contributed by atoms with Gasteiger partial charge in [-0.2, -0.15) is 0 Å². The molecule has 0 aromatic heterocycles. The third kappa shape index (κ3) is 4.26. The molecule has 134 valence electrons. The van der Waals surface area contributed by atoms with Gasteiger partial charge in [-0.15, -0.1) is 0 Å². The molecular formula is C17H25FN2O3S. The Balaban J connectivity index is 2.39. The van der Waals surface area contributed by atoms with Crippen LogP contribution in [-0.4, -0.2) is 44.6 Å². The quantitative estimate of drug-likeness (QED) is 0.815. The van der Waals surface area contributed by atoms with E-state index in [9.17, 15) is 17.6 Å². The Kier molecular flexibility index (Phi) is 6.21. The molecule has 1 fully saturated rings. The summed E-state index contributed by atoms with van der Waals surface area (Å²) in [6.45, 7) is 3.01. The highest BCUT2D eigenvalue weighted by molar-refractivity contribution is 7.92. The van der Waals surface area contributed by atoms with E-state index in [1.54, 1.807) is 17.9 Å². The van der Waals surface area contributed by atoms with Crippen molar-refractivity contribution in [2.45, 2.75) is 45.1 Å². The number of benzene rings is 1. The Morgan fingerprint density at radius 3 is 2.29 bits per heavy atom. The normalized spacial score (nSPS) is 17.2. The molecule has 1 aromatic carbocycles. The number of carbonyl (C=O) groups excluding carboxylic acids is 1. The van der Waals surface area contributed by atoms with Crippen molar-refractivity contribution in [3.8, 4) is 0 Å². The monoisotopic (exact) mass is 356 g/mol. The van der Waals surface area contributed by atoms with E-state index in [4.69, 9.17) is 0 Å². The average molecular weight is 356 g/mol. The average Bonchev–Trinajstić information content (AvgIpc) is 2.81. The number of halogens is 1. The molecule has 0 unspecified atom stereocenters. The van der Waals surface area contributed by atoms with Crippen LogP contribution in [0.3, 0.4) is 0 Å². The fourth-order valence-electron chi connectivity index (χ4n) is 3.15. The summed E-state index contributed by atoms with van der Waals surface area (Å²) in [6.07, 6.45) is 5.28. The molecule has 0 spiro atoms. The van der Waals surface area contributed by atoms with Crippen molar-refractivity contribution in [1.82, 2.24) is 4.90 Å². The third-order valence-corrected chi connectivity index (χ3v) is 5.49. The van der Waals surface area contributed by atoms with E-state index in [2.05, 4.69) is 0 Å². The van der Waals surface area contributed by atoms with E-state index in [0.29, 0.717) is 13.1 Å². The Morgan fingerprint density at radius 2 is 1.79 bits per heavy atom. The molecule has 24 heavy (non-hydrogen) atoms. The van der Waals surface area contributed by atoms with Gasteiger partial charge in [0.2, 0.25) is 15.9 Å². The summed E-state index contributed by atoms with van der Waals surface area (Å²) in [5.41, 5.74) is -0.0741. The molecule has 1 aromatic rings. The van der Waals surface area contributed by atoms with Crippen LogP contribution in [0.15, 0.2) is 24.3 Å². The molecule has 2 rings (SSSR count). The first kappa shape index (κ1) is 18.7. The minimum Gasteiger partial charge on any atom is -0.341 e. The van der Waals surface area contributed by atoms with Crippen molar-refractivity contribution >= 4 is 21.6 Å². The Bertz CT molecular complexity index is 670. The van der Waals surface area contributed by atoms with Crippen LogP contribution < -0.4 is 4.31 Å². The summed E-state index contributed by atoms with van der Waals surface area (Å²) in [5.74, 6) is -0.891. The predicted octanol–water partition coefficient (Wildman–Crippen LogP) is 2.77. The second-order valence-electron chi connectivity index (χ2n) is 6.17. The second-order valence-corrected chi connectivity index (χ2v) is 8.03. The molecule has 0 radical (unpaired) electrons. The first-order chi connectivity index (χ1) is 11.4. The lowest BCUT2D eigenvalue weighted by Crippen LogP contribution is -2.51. The van der Waals surface area contributed by atoms with Crippen molar-refractivity contribution < 1.29 is 17.6 Å². The number of amides is 1. The maximum Gasteiger partial charge on any atom is 0.246 e. The number of rotatable bonds is 5. The highest BCUT2D eigenvalue weighted by atomic mass is 32.2. The topological polar surface area (TPSA) is 57.7 Å². The van der Waals surface area contributed by atoms with E-state index in [1.807, 2.05) is 0 Å². The van der Waals surface area contributed by atoms with Gasteiger partial charge in [-0.1, -0.05) is 31.9 Å². The van der Waals surface area contributed by atoms with Crippen molar-refractivity contribution in [2.75, 3.05) is 23.7 Å². The highest BCUT2D eigenvalue weighted by Gasteiger charge is 2.35. The summed E-state index contributed by atoms with van der Waals surface area (Å²) in [7, 11) is -3.80. The van der Waals surface area contributed by atoms with Gasteiger partial charge in [0.15, 0.2) is 0 Å². The number of hydrogen-bond donors (Lipinski definition) is 0. The first-order valence-electron chi connectivity index (χ1n) is 8.39. The maximum absolute atomic E-state index is 14.2. The number of likely N-dealkylation sites (tertiary alicyclic amines) is 1. The maximum atomic E-state index is 14.2. The van der Waals surface area contributed by atoms with Crippen LogP contribution >= 0.6 is 0 Å². The van der Waals surface area contributed by atoms with Crippen molar-refractivity contribution in [3.05, 3.63) is 30.1 Å². The molecule has 0 aliphatic carbocycles. The second kappa shape index (κ2) is 7.96. The first-order valence-corrected chi connectivity index (χ1v) is 10.2. The standard InChI is InChI=1S/C17H25FN2O3S/c1-3-15(17(21)19-12-8-4-5-9-13-19)20(24(2,22)23)16-11-7-6-10-14(16)18/h6-7,10-11,15H,3-5,8-9,12-13H2,1-2H3/t15-/m0/s1. The molecule has 1 atom stereocenters. The minimum atomic E-state index is -3.80. The molecule has 0 saturated carbocycles. The molecule has 0 bridgehead atoms. The summed E-state index contributed by atoms with van der Waals surface area (Å²) in [6, 6.07) is 4.75. The van der Waals surface area contributed by atoms with Gasteiger partial charge >= 0.3 is 0 Å². The Labute approximate surface area is 143 Å². The third-order valence-electron chi connectivity index (χ3n) is 4.32. The van der Waals surface area contributed by atoms with Gasteiger partial charge in [0.05, 0.1) is 11.9 Å². The van der Waals surface area contributed by atoms with Gasteiger partial charge in [-0.3, -0.25) is 9.10 Å². The van der Waals surface area contributed by atoms with Gasteiger partial charge in [-0.25, -0.2) is 12.8 Å². The Morgan fingerprint density at radius 1 is 1.21 bits per heavy atom. The zero-order valence-corrected chi connectivity index (χ0v) is 15.1. The lowest BCUT2D eigenvalue weighted by molar-refractivity contribution is -0.132. The van der Waals surface area contributed by atoms with Crippen LogP contribution in [0.5, 0.6) is 0 Å². The largest absolute Gasteiger partial charge is 0.341 e. The Hall–Kier alpha value is -1.63. The minimum absolute atomic E-state index is 0.0741. The lowest BCUT2D eigenvalue weighted by Gasteiger charge is -2.34. The summed E-state index contributed by atoms with van der Waals surface area (Å²) in [5, 5.41) is 0. The number of hydrogen-bond acceptors (Lipinski definition) is 3. The molecule has 7 heteroatoms. The van der Waals surface area contributed by atoms with E-state index in [0.717, 1.165) is 36.2 Å². The molecule has 0 N–H and O–H groups in total. The van der Waals surface area contributed by atoms with Crippen LogP contribution in [-0.2, 0) is 14.8 Å². The van der Waals surface area contributed by atoms with Crippen LogP contribution in [0.4, 0.5) is 10.1 Å². The smallest absolute Gasteiger partial charge is 0.246 e. The summed E-state index contributed by atoms with van der Waals surface area (Å²) in [4.78, 5) is 14.7. The van der Waals surface area contributed by atoms with Crippen LogP contribution in [0.2, 0.25) is 0 Å². The van der Waals surface area contributed by atoms with E-state index in [-0.39, 0.29) is 18.0 Å². The number of para-hydroxylation sites is 1. The molecule has 1 amide bonds. The van der Waals surface area contributed by atoms with E-state index in [1.165, 1.54) is 18.2 Å². The molecule has 1 heterocycles. The lowest BCUT2D eigenvalue weighted by atomic mass is 10.1. The van der Waals surface area contributed by atoms with Crippen LogP contribution in [0.1, 0.15) is 39.0 Å². The number of anilines is 1. The van der Waals surface area contributed by atoms with Gasteiger partial charge in [0, 0.05) is 13.1 Å². The van der Waals surface area contributed by atoms with Gasteiger partial charge < -0.3 is 4.90 Å². The molecule has 1 aliphatic rings. The fraction of sp³-hybridized carbons (Fsp3) is 0.588. The van der Waals surface area contributed by atoms with E-state index >= 15 is 0 Å². The molecular weight excluding hydrogens is 331 g/mol. The number of carbonyl (C=O) groups is 1. The fourth-order valence-corrected chi connectivity index (χ4v) is 4.36. The van der Waals surface area contributed by atoms with Crippen molar-refractivity contribution in [3.63, 3.8) is 0 Å². The van der Waals surface area contributed by atoms with Crippen LogP contribution in [0, 0.1) is 5.82 Å². The van der Waals surface area contributed by atoms with Gasteiger partial charge in [0.25, 0.3) is 0 Å². The van der Waals surface area contributed by atoms with E-state index < -0.39 is 21.9 Å². The molecule has 1 saturated heterocycles. The zero-order valence-electron chi connectivity index (χ0n) is 14.2. The van der Waals surface area contributed by atoms with Gasteiger partial charge in [0.1, 0.15) is 11.9 Å². The van der Waals surface area contributed by atoms with Crippen molar-refractivity contribution in [2.24, 2.45) is 0 Å². The molecule has 5 nitrogen and oxygen atoms in total. The van der Waals surface area contributed by atoms with Crippen LogP contribution in [0.25, 0.3) is 0 Å². The SMILES string of the molecule is CC[C@@H](C(=O)N1CCCCCC1)N(c1ccccc1F)S(C)(=O)=O. The summed E-state index contributed by atoms with van der Waals surface area (Å²) >= 11 is 0. The molecule has 1 aliphatic heterocycles. The van der Waals surface area contributed by atoms with Crippen molar-refractivity contribution in [1.29, 1.82) is 0 Å². The predicted molar refractivity (Wildman–Crippen MR) is 92.8 cm³/mol.